The molecule has 0 aliphatic heterocycles. The van der Waals surface area contributed by atoms with Gasteiger partial charge < -0.3 is 0 Å². The highest BCUT2D eigenvalue weighted by molar-refractivity contribution is 7.86. The lowest BCUT2D eigenvalue weighted by Gasteiger charge is -2.22. The van der Waals surface area contributed by atoms with Crippen LogP contribution in [0, 0.1) is 0 Å². The molecule has 11 heteroatoms. The summed E-state index contributed by atoms with van der Waals surface area (Å²) < 4.78 is 89.1. The summed E-state index contributed by atoms with van der Waals surface area (Å²) >= 11 is 0. The maximum atomic E-state index is 13.5. The van der Waals surface area contributed by atoms with Crippen LogP contribution in [0.15, 0.2) is 53.0 Å². The minimum Gasteiger partial charge on any atom is -0.289 e. The first-order valence-electron chi connectivity index (χ1n) is 6.20. The number of carbonyl (C=O) groups is 1. The van der Waals surface area contributed by atoms with E-state index in [4.69, 9.17) is 9.11 Å². The molecule has 2 N–H and O–H groups in total. The minimum absolute atomic E-state index is 0.158. The van der Waals surface area contributed by atoms with Crippen LogP contribution in [0.4, 0.5) is 8.78 Å². The number of ketones is 1. The van der Waals surface area contributed by atoms with Gasteiger partial charge in [0.15, 0.2) is 11.0 Å². The van der Waals surface area contributed by atoms with Crippen LogP contribution in [-0.4, -0.2) is 42.9 Å². The number of alkyl halides is 2. The summed E-state index contributed by atoms with van der Waals surface area (Å²) in [4.78, 5) is 11.7. The molecule has 1 atom stereocenters. The normalized spacial score (nSPS) is 20.5. The molecule has 0 saturated heterocycles. The molecule has 0 radical (unpaired) electrons. The first-order valence-corrected chi connectivity index (χ1v) is 9.14. The molecule has 1 aliphatic carbocycles. The van der Waals surface area contributed by atoms with Crippen molar-refractivity contribution in [3.05, 3.63) is 53.6 Å². The van der Waals surface area contributed by atoms with Crippen LogP contribution in [0.1, 0.15) is 10.4 Å². The second-order valence-electron chi connectivity index (χ2n) is 4.90. The molecule has 0 saturated carbocycles. The van der Waals surface area contributed by atoms with Gasteiger partial charge in [-0.3, -0.25) is 13.9 Å². The quantitative estimate of drug-likeness (QED) is 0.599. The Hall–Kier alpha value is -1.95. The Morgan fingerprint density at radius 1 is 1.12 bits per heavy atom. The summed E-state index contributed by atoms with van der Waals surface area (Å²) in [6.07, 6.45) is 1.22. The highest BCUT2D eigenvalue weighted by Crippen LogP contribution is 2.32. The third-order valence-electron chi connectivity index (χ3n) is 3.17. The van der Waals surface area contributed by atoms with Gasteiger partial charge in [0.25, 0.3) is 26.2 Å². The second-order valence-corrected chi connectivity index (χ2v) is 7.86. The molecule has 0 spiro atoms. The van der Waals surface area contributed by atoms with Gasteiger partial charge in [0.1, 0.15) is 0 Å². The summed E-state index contributed by atoms with van der Waals surface area (Å²) in [5, 5.41) is -2.64. The van der Waals surface area contributed by atoms with E-state index in [1.54, 1.807) is 0 Å². The van der Waals surface area contributed by atoms with E-state index in [0.29, 0.717) is 12.2 Å². The van der Waals surface area contributed by atoms with Crippen molar-refractivity contribution in [2.45, 2.75) is 16.1 Å². The Labute approximate surface area is 135 Å². The fraction of sp³-hybridized carbons (Fsp3) is 0.154. The predicted molar refractivity (Wildman–Crippen MR) is 78.1 cm³/mol. The van der Waals surface area contributed by atoms with Gasteiger partial charge in [-0.25, -0.2) is 8.78 Å². The number of Topliss-reactive ketones (excluding diaryl/α,β-unsaturated/α-hetero) is 1. The lowest BCUT2D eigenvalue weighted by molar-refractivity contribution is 0.0581. The van der Waals surface area contributed by atoms with Crippen molar-refractivity contribution in [2.75, 3.05) is 0 Å². The second kappa shape index (κ2) is 5.84. The van der Waals surface area contributed by atoms with Crippen molar-refractivity contribution < 1.29 is 39.5 Å². The number of hydrogen-bond donors (Lipinski definition) is 2. The molecule has 7 nitrogen and oxygen atoms in total. The Morgan fingerprint density at radius 2 is 1.75 bits per heavy atom. The first-order chi connectivity index (χ1) is 10.8. The molecule has 0 aromatic heterocycles. The van der Waals surface area contributed by atoms with E-state index in [1.807, 2.05) is 0 Å². The molecule has 1 aromatic rings. The fourth-order valence-corrected chi connectivity index (χ4v) is 3.35. The van der Waals surface area contributed by atoms with Gasteiger partial charge in [0.2, 0.25) is 0 Å². The lowest BCUT2D eigenvalue weighted by atomic mass is 9.96. The van der Waals surface area contributed by atoms with Crippen LogP contribution in [0.3, 0.4) is 0 Å². The van der Waals surface area contributed by atoms with Crippen molar-refractivity contribution in [1.29, 1.82) is 0 Å². The largest absolute Gasteiger partial charge is 0.294 e. The average molecular weight is 380 g/mol. The zero-order valence-electron chi connectivity index (χ0n) is 11.6. The number of halogens is 2. The number of carbonyl (C=O) groups excluding carboxylic acids is 1. The zero-order valence-corrected chi connectivity index (χ0v) is 13.3. The van der Waals surface area contributed by atoms with E-state index in [0.717, 1.165) is 24.3 Å². The summed E-state index contributed by atoms with van der Waals surface area (Å²) in [6.45, 7) is 0. The van der Waals surface area contributed by atoms with E-state index < -0.39 is 47.7 Å². The van der Waals surface area contributed by atoms with Crippen LogP contribution in [0.5, 0.6) is 0 Å². The minimum atomic E-state index is -5.18. The molecule has 1 aliphatic rings. The highest BCUT2D eigenvalue weighted by atomic mass is 32.2. The molecule has 0 amide bonds. The standard InChI is InChI=1S/C13H10F2O7S2/c14-13(15)5-4-9(7-11(13)24(20,21)22)12(16)8-2-1-3-10(6-8)23(17,18)19/h1-7,11H,(H,17,18,19)(H,20,21,22). The third-order valence-corrected chi connectivity index (χ3v) is 5.11. The van der Waals surface area contributed by atoms with Crippen molar-refractivity contribution in [1.82, 2.24) is 0 Å². The SMILES string of the molecule is O=C(C1=CC(S(=O)(=O)O)C(F)(F)C=C1)c1cccc(S(=O)(=O)O)c1. The molecule has 0 heterocycles. The molecular formula is C13H10F2O7S2. The van der Waals surface area contributed by atoms with Crippen molar-refractivity contribution in [3.8, 4) is 0 Å². The van der Waals surface area contributed by atoms with Crippen molar-refractivity contribution >= 4 is 26.0 Å². The highest BCUT2D eigenvalue weighted by Gasteiger charge is 2.46. The molecule has 1 aromatic carbocycles. The van der Waals surface area contributed by atoms with Crippen molar-refractivity contribution in [2.24, 2.45) is 0 Å². The molecule has 2 rings (SSSR count). The van der Waals surface area contributed by atoms with E-state index in [-0.39, 0.29) is 11.6 Å². The maximum absolute atomic E-state index is 13.5. The molecule has 0 bridgehead atoms. The Morgan fingerprint density at radius 3 is 2.29 bits per heavy atom. The Bertz CT molecular complexity index is 960. The van der Waals surface area contributed by atoms with E-state index in [1.165, 1.54) is 0 Å². The van der Waals surface area contributed by atoms with Gasteiger partial charge in [0.05, 0.1) is 4.90 Å². The van der Waals surface area contributed by atoms with Crippen LogP contribution < -0.4 is 0 Å². The average Bonchev–Trinajstić information content (AvgIpc) is 2.44. The topological polar surface area (TPSA) is 126 Å². The van der Waals surface area contributed by atoms with Gasteiger partial charge in [-0.15, -0.1) is 0 Å². The lowest BCUT2D eigenvalue weighted by Crippen LogP contribution is -2.39. The van der Waals surface area contributed by atoms with Crippen LogP contribution in [0.25, 0.3) is 0 Å². The van der Waals surface area contributed by atoms with Crippen LogP contribution >= 0.6 is 0 Å². The van der Waals surface area contributed by atoms with Gasteiger partial charge in [-0.2, -0.15) is 16.8 Å². The van der Waals surface area contributed by atoms with E-state index >= 15 is 0 Å². The molecule has 130 valence electrons. The number of hydrogen-bond acceptors (Lipinski definition) is 5. The number of allylic oxidation sites excluding steroid dienone is 3. The maximum Gasteiger partial charge on any atom is 0.294 e. The zero-order chi connectivity index (χ0) is 18.3. The predicted octanol–water partition coefficient (Wildman–Crippen LogP) is 1.50. The summed E-state index contributed by atoms with van der Waals surface area (Å²) in [5.41, 5.74) is -0.753. The van der Waals surface area contributed by atoms with Gasteiger partial charge >= 0.3 is 0 Å². The van der Waals surface area contributed by atoms with Gasteiger partial charge in [-0.05, 0) is 30.4 Å². The van der Waals surface area contributed by atoms with E-state index in [9.17, 15) is 30.4 Å². The monoisotopic (exact) mass is 380 g/mol. The molecule has 0 fully saturated rings. The van der Waals surface area contributed by atoms with E-state index in [2.05, 4.69) is 0 Å². The Kier molecular flexibility index (Phi) is 4.48. The van der Waals surface area contributed by atoms with Crippen LogP contribution in [0.2, 0.25) is 0 Å². The smallest absolute Gasteiger partial charge is 0.289 e. The summed E-state index contributed by atoms with van der Waals surface area (Å²) in [6, 6.07) is 4.10. The third kappa shape index (κ3) is 3.75. The number of benzene rings is 1. The Balaban J connectivity index is 2.48. The van der Waals surface area contributed by atoms with Crippen molar-refractivity contribution in [3.63, 3.8) is 0 Å². The van der Waals surface area contributed by atoms with Crippen LogP contribution in [-0.2, 0) is 20.2 Å². The summed E-state index contributed by atoms with van der Waals surface area (Å²) in [5.74, 6) is -4.87. The molecular weight excluding hydrogens is 370 g/mol. The molecule has 1 unspecified atom stereocenters. The molecule has 24 heavy (non-hydrogen) atoms. The van der Waals surface area contributed by atoms with Gasteiger partial charge in [-0.1, -0.05) is 12.1 Å². The fourth-order valence-electron chi connectivity index (χ4n) is 2.03. The summed E-state index contributed by atoms with van der Waals surface area (Å²) in [7, 11) is -9.77. The first kappa shape index (κ1) is 18.4. The van der Waals surface area contributed by atoms with Gasteiger partial charge in [0, 0.05) is 11.1 Å². The number of rotatable bonds is 4.